The van der Waals surface area contributed by atoms with Gasteiger partial charge in [0.1, 0.15) is 11.9 Å². The van der Waals surface area contributed by atoms with Gasteiger partial charge in [-0.05, 0) is 87.9 Å². The van der Waals surface area contributed by atoms with E-state index in [9.17, 15) is 0 Å². The highest BCUT2D eigenvalue weighted by Crippen LogP contribution is 2.34. The van der Waals surface area contributed by atoms with Gasteiger partial charge in [0, 0.05) is 41.4 Å². The van der Waals surface area contributed by atoms with Crippen molar-refractivity contribution in [3.63, 3.8) is 0 Å². The fraction of sp³-hybridized carbons (Fsp3) is 0.414. The summed E-state index contributed by atoms with van der Waals surface area (Å²) in [6, 6.07) is 12.9. The van der Waals surface area contributed by atoms with Gasteiger partial charge in [-0.15, -0.1) is 5.10 Å². The minimum Gasteiger partial charge on any atom is -0.383 e. The fourth-order valence-electron chi connectivity index (χ4n) is 5.29. The maximum Gasteiger partial charge on any atom is 0.226 e. The van der Waals surface area contributed by atoms with E-state index in [4.69, 9.17) is 49.3 Å². The largest absolute Gasteiger partial charge is 0.383 e. The van der Waals surface area contributed by atoms with Crippen LogP contribution >= 0.6 is 23.2 Å². The van der Waals surface area contributed by atoms with Gasteiger partial charge < -0.3 is 16.0 Å². The zero-order chi connectivity index (χ0) is 27.6. The highest BCUT2D eigenvalue weighted by Gasteiger charge is 2.29. The summed E-state index contributed by atoms with van der Waals surface area (Å²) >= 11 is 12.7. The van der Waals surface area contributed by atoms with E-state index in [1.165, 1.54) is 19.4 Å². The molecular weight excluding hydrogens is 545 g/mol. The van der Waals surface area contributed by atoms with Crippen molar-refractivity contribution in [3.8, 4) is 17.3 Å². The zero-order valence-electron chi connectivity index (χ0n) is 22.2. The minimum absolute atomic E-state index is 0.261. The third kappa shape index (κ3) is 5.99. The number of piperidine rings is 1. The van der Waals surface area contributed by atoms with Gasteiger partial charge in [0.05, 0.1) is 16.3 Å². The van der Waals surface area contributed by atoms with Gasteiger partial charge in [0.2, 0.25) is 5.95 Å². The Hall–Kier alpha value is -3.45. The molecule has 3 aromatic heterocycles. The molecule has 4 aromatic rings. The molecule has 11 heteroatoms. The van der Waals surface area contributed by atoms with Crippen molar-refractivity contribution in [2.24, 2.45) is 5.92 Å². The van der Waals surface area contributed by atoms with Crippen LogP contribution in [0.2, 0.25) is 10.0 Å². The van der Waals surface area contributed by atoms with Crippen molar-refractivity contribution >= 4 is 40.6 Å². The number of halogens is 2. The molecule has 3 N–H and O–H groups in total. The molecule has 1 aromatic carbocycles. The number of hydrogen-bond acceptors (Lipinski definition) is 8. The first-order valence-electron chi connectivity index (χ1n) is 13.8. The smallest absolute Gasteiger partial charge is 0.226 e. The van der Waals surface area contributed by atoms with E-state index in [1.54, 1.807) is 16.6 Å². The average Bonchev–Trinajstić information content (AvgIpc) is 3.65. The zero-order valence-corrected chi connectivity index (χ0v) is 23.7. The van der Waals surface area contributed by atoms with Crippen LogP contribution in [0.15, 0.2) is 36.4 Å². The number of nitrogen functional groups attached to an aromatic ring is 1. The number of benzene rings is 1. The molecule has 2 fully saturated rings. The van der Waals surface area contributed by atoms with E-state index in [0.717, 1.165) is 61.0 Å². The molecule has 0 amide bonds. The van der Waals surface area contributed by atoms with Crippen LogP contribution in [0.3, 0.4) is 0 Å². The summed E-state index contributed by atoms with van der Waals surface area (Å²) in [5.74, 6) is 2.98. The summed E-state index contributed by atoms with van der Waals surface area (Å²) in [6.45, 7) is 4.06. The number of aromatic nitrogens is 5. The molecule has 1 saturated heterocycles. The van der Waals surface area contributed by atoms with E-state index < -0.39 is 0 Å². The normalized spacial score (nSPS) is 16.3. The number of rotatable bonds is 9. The van der Waals surface area contributed by atoms with Crippen LogP contribution in [0.5, 0.6) is 0 Å². The summed E-state index contributed by atoms with van der Waals surface area (Å²) in [4.78, 5) is 16.8. The second kappa shape index (κ2) is 11.6. The quantitative estimate of drug-likeness (QED) is 0.248. The highest BCUT2D eigenvalue weighted by molar-refractivity contribution is 6.36. The van der Waals surface area contributed by atoms with Crippen molar-refractivity contribution < 1.29 is 0 Å². The van der Waals surface area contributed by atoms with Crippen molar-refractivity contribution in [1.82, 2.24) is 29.5 Å². The van der Waals surface area contributed by atoms with Crippen molar-refractivity contribution in [1.29, 1.82) is 5.26 Å². The molecular formula is C29H31Cl2N9. The lowest BCUT2D eigenvalue weighted by Gasteiger charge is -2.30. The Morgan fingerprint density at radius 3 is 2.58 bits per heavy atom. The van der Waals surface area contributed by atoms with Gasteiger partial charge in [0.15, 0.2) is 11.5 Å². The molecule has 40 heavy (non-hydrogen) atoms. The van der Waals surface area contributed by atoms with Crippen LogP contribution < -0.4 is 11.1 Å². The number of likely N-dealkylation sites (tertiary alicyclic amines) is 1. The molecule has 2 aliphatic rings. The van der Waals surface area contributed by atoms with Crippen LogP contribution in [-0.4, -0.2) is 55.6 Å². The van der Waals surface area contributed by atoms with Gasteiger partial charge in [0.25, 0.3) is 0 Å². The van der Waals surface area contributed by atoms with E-state index >= 15 is 0 Å². The molecule has 1 aliphatic heterocycles. The number of hydrogen-bond donors (Lipinski definition) is 2. The lowest BCUT2D eigenvalue weighted by molar-refractivity contribution is 0.202. The standard InChI is InChI=1S/C29H31Cl2N9/c30-21-6-8-23(24(31)14-21)25-15-26-37-28(19-9-12-39(13-10-19)17-18-3-4-18)38-40(26)29(36-25)34-11-1-2-22-7-5-20(16-32)27(33)35-22/h5-8,14-15,18-19H,1-4,9-13,17H2,(H2,33,35)(H,34,36). The Morgan fingerprint density at radius 1 is 1.02 bits per heavy atom. The van der Waals surface area contributed by atoms with Crippen molar-refractivity contribution in [2.45, 2.75) is 44.4 Å². The van der Waals surface area contributed by atoms with Gasteiger partial charge in [-0.1, -0.05) is 23.2 Å². The molecule has 206 valence electrons. The Labute approximate surface area is 243 Å². The van der Waals surface area contributed by atoms with Gasteiger partial charge in [-0.25, -0.2) is 15.0 Å². The fourth-order valence-corrected chi connectivity index (χ4v) is 5.79. The van der Waals surface area contributed by atoms with Crippen LogP contribution in [0.25, 0.3) is 16.9 Å². The molecule has 4 heterocycles. The minimum atomic E-state index is 0.261. The number of fused-ring (bicyclic) bond motifs is 1. The second-order valence-electron chi connectivity index (χ2n) is 10.7. The first kappa shape index (κ1) is 26.8. The number of nitrogens with two attached hydrogens (primary N) is 1. The molecule has 0 spiro atoms. The number of nitrogens with zero attached hydrogens (tertiary/aromatic N) is 7. The summed E-state index contributed by atoms with van der Waals surface area (Å²) in [6.07, 6.45) is 6.39. The first-order chi connectivity index (χ1) is 19.5. The van der Waals surface area contributed by atoms with E-state index in [1.807, 2.05) is 30.3 Å². The molecule has 1 aliphatic carbocycles. The Kier molecular flexibility index (Phi) is 7.74. The number of nitrogens with one attached hydrogen (secondary N) is 1. The monoisotopic (exact) mass is 575 g/mol. The van der Waals surface area contributed by atoms with E-state index in [0.29, 0.717) is 46.1 Å². The van der Waals surface area contributed by atoms with Crippen LogP contribution in [0.4, 0.5) is 11.8 Å². The summed E-state index contributed by atoms with van der Waals surface area (Å²) in [5.41, 5.74) is 9.33. The highest BCUT2D eigenvalue weighted by atomic mass is 35.5. The molecule has 6 rings (SSSR count). The molecule has 0 bridgehead atoms. The number of pyridine rings is 1. The second-order valence-corrected chi connectivity index (χ2v) is 11.6. The molecule has 0 atom stereocenters. The van der Waals surface area contributed by atoms with Gasteiger partial charge >= 0.3 is 0 Å². The van der Waals surface area contributed by atoms with Crippen molar-refractivity contribution in [3.05, 3.63) is 63.5 Å². The molecule has 9 nitrogen and oxygen atoms in total. The number of aryl methyl sites for hydroxylation is 1. The average molecular weight is 577 g/mol. The third-order valence-electron chi connectivity index (χ3n) is 7.71. The molecule has 0 radical (unpaired) electrons. The maximum absolute atomic E-state index is 9.08. The van der Waals surface area contributed by atoms with Crippen LogP contribution in [0.1, 0.15) is 55.1 Å². The first-order valence-corrected chi connectivity index (χ1v) is 14.6. The third-order valence-corrected chi connectivity index (χ3v) is 8.26. The maximum atomic E-state index is 9.08. The lowest BCUT2D eigenvalue weighted by Crippen LogP contribution is -2.34. The van der Waals surface area contributed by atoms with Gasteiger partial charge in [-0.2, -0.15) is 9.78 Å². The number of nitriles is 1. The van der Waals surface area contributed by atoms with Crippen LogP contribution in [-0.2, 0) is 6.42 Å². The van der Waals surface area contributed by atoms with Crippen molar-refractivity contribution in [2.75, 3.05) is 37.2 Å². The predicted molar refractivity (Wildman–Crippen MR) is 158 cm³/mol. The topological polar surface area (TPSA) is 121 Å². The van der Waals surface area contributed by atoms with E-state index in [2.05, 4.69) is 15.2 Å². The Balaban J connectivity index is 1.22. The summed E-state index contributed by atoms with van der Waals surface area (Å²) in [7, 11) is 0. The predicted octanol–water partition coefficient (Wildman–Crippen LogP) is 5.58. The van der Waals surface area contributed by atoms with Gasteiger partial charge in [-0.3, -0.25) is 0 Å². The lowest BCUT2D eigenvalue weighted by atomic mass is 9.96. The number of anilines is 2. The SMILES string of the molecule is N#Cc1ccc(CCCNc2nc(-c3ccc(Cl)cc3Cl)cc3nc(C4CCN(CC5CC5)CC4)nn23)nc1N. The Bertz CT molecular complexity index is 1570. The van der Waals surface area contributed by atoms with E-state index in [-0.39, 0.29) is 5.82 Å². The summed E-state index contributed by atoms with van der Waals surface area (Å²) < 4.78 is 1.80. The molecule has 0 unspecified atom stereocenters. The summed E-state index contributed by atoms with van der Waals surface area (Å²) in [5, 5.41) is 18.6. The van der Waals surface area contributed by atoms with Crippen LogP contribution in [0, 0.1) is 17.2 Å². The Morgan fingerprint density at radius 2 is 1.85 bits per heavy atom. The molecule has 1 saturated carbocycles.